The Morgan fingerprint density at radius 3 is 2.56 bits per heavy atom. The number of hydrogen-bond donors (Lipinski definition) is 3. The van der Waals surface area contributed by atoms with Crippen molar-refractivity contribution in [3.8, 4) is 11.1 Å². The molecule has 1 atom stereocenters. The minimum atomic E-state index is -1.50. The summed E-state index contributed by atoms with van der Waals surface area (Å²) in [6.45, 7) is 2.13. The zero-order valence-electron chi connectivity index (χ0n) is 20.1. The Labute approximate surface area is 219 Å². The summed E-state index contributed by atoms with van der Waals surface area (Å²) in [6.07, 6.45) is 8.68. The Bertz CT molecular complexity index is 1340. The number of hydrogen-bond acceptors (Lipinski definition) is 7. The van der Waals surface area contributed by atoms with Crippen molar-refractivity contribution in [2.75, 3.05) is 10.0 Å². The van der Waals surface area contributed by atoms with Gasteiger partial charge in [-0.2, -0.15) is 4.72 Å². The molecule has 1 saturated carbocycles. The summed E-state index contributed by atoms with van der Waals surface area (Å²) in [5.41, 5.74) is 10.2. The van der Waals surface area contributed by atoms with Crippen LogP contribution in [0, 0.1) is 0 Å². The Morgan fingerprint density at radius 1 is 1.03 bits per heavy atom. The molecule has 2 aromatic heterocycles. The van der Waals surface area contributed by atoms with Gasteiger partial charge in [0.1, 0.15) is 11.4 Å². The standard InChI is InChI=1S/C27H29ClN6OS/c1-2-17-13-19(14-20-16-31-27(33-26(17)20)32-22-10-8-21(29)9-11-22)18-7-12-25(30-15-18)34-36(35)24-6-4-3-5-23(24)28/h3-7,12-16,21-22H,2,8-11,29H2,1H3,(H,30,34)(H,31,32,33)/t21-,22-,36?. The van der Waals surface area contributed by atoms with Gasteiger partial charge in [-0.25, -0.2) is 15.0 Å². The predicted octanol–water partition coefficient (Wildman–Crippen LogP) is 5.72. The molecule has 7 nitrogen and oxygen atoms in total. The summed E-state index contributed by atoms with van der Waals surface area (Å²) < 4.78 is 15.6. The Hall–Kier alpha value is -2.91. The van der Waals surface area contributed by atoms with Crippen molar-refractivity contribution in [2.24, 2.45) is 5.73 Å². The molecule has 0 spiro atoms. The number of aryl methyl sites for hydroxylation is 1. The summed E-state index contributed by atoms with van der Waals surface area (Å²) in [6, 6.07) is 15.8. The molecular weight excluding hydrogens is 492 g/mol. The van der Waals surface area contributed by atoms with E-state index >= 15 is 0 Å². The molecule has 1 aliphatic rings. The van der Waals surface area contributed by atoms with Gasteiger partial charge in [-0.15, -0.1) is 0 Å². The lowest BCUT2D eigenvalue weighted by atomic mass is 9.92. The molecule has 5 rings (SSSR count). The van der Waals surface area contributed by atoms with Crippen LogP contribution in [-0.2, 0) is 17.8 Å². The first-order valence-corrected chi connectivity index (χ1v) is 13.7. The van der Waals surface area contributed by atoms with Crippen LogP contribution in [0.2, 0.25) is 5.02 Å². The van der Waals surface area contributed by atoms with Crippen molar-refractivity contribution in [3.05, 3.63) is 71.5 Å². The summed E-state index contributed by atoms with van der Waals surface area (Å²) >= 11 is 4.66. The number of aromatic nitrogens is 3. The van der Waals surface area contributed by atoms with E-state index in [-0.39, 0.29) is 0 Å². The molecular formula is C27H29ClN6OS. The second-order valence-corrected chi connectivity index (χ2v) is 10.7. The minimum absolute atomic E-state index is 0.314. The SMILES string of the molecule is CCc1cc(-c2ccc(N[S+]([O-])c3ccccc3Cl)nc2)cc2cnc(N[C@H]3CC[C@H](N)CC3)nc12. The monoisotopic (exact) mass is 520 g/mol. The number of nitrogens with zero attached hydrogens (tertiary/aromatic N) is 3. The van der Waals surface area contributed by atoms with Gasteiger partial charge in [0.2, 0.25) is 5.95 Å². The maximum Gasteiger partial charge on any atom is 0.223 e. The molecule has 0 saturated heterocycles. The van der Waals surface area contributed by atoms with E-state index in [0.29, 0.717) is 33.8 Å². The van der Waals surface area contributed by atoms with Gasteiger partial charge in [0.25, 0.3) is 0 Å². The molecule has 0 radical (unpaired) electrons. The van der Waals surface area contributed by atoms with E-state index < -0.39 is 11.4 Å². The topological polar surface area (TPSA) is 112 Å². The van der Waals surface area contributed by atoms with Crippen molar-refractivity contribution in [2.45, 2.75) is 56.0 Å². The molecule has 0 amide bonds. The second kappa shape index (κ2) is 11.0. The molecule has 9 heteroatoms. The van der Waals surface area contributed by atoms with E-state index in [0.717, 1.165) is 59.7 Å². The van der Waals surface area contributed by atoms with Crippen LogP contribution in [0.3, 0.4) is 0 Å². The van der Waals surface area contributed by atoms with E-state index in [2.05, 4.69) is 39.1 Å². The molecule has 36 heavy (non-hydrogen) atoms. The number of pyridine rings is 1. The summed E-state index contributed by atoms with van der Waals surface area (Å²) in [5, 5.41) is 4.94. The molecule has 4 N–H and O–H groups in total. The second-order valence-electron chi connectivity index (χ2n) is 9.11. The highest BCUT2D eigenvalue weighted by Crippen LogP contribution is 2.29. The minimum Gasteiger partial charge on any atom is -0.588 e. The van der Waals surface area contributed by atoms with Gasteiger partial charge in [-0.05, 0) is 79.6 Å². The lowest BCUT2D eigenvalue weighted by Gasteiger charge is -2.26. The van der Waals surface area contributed by atoms with Crippen molar-refractivity contribution in [3.63, 3.8) is 0 Å². The average Bonchev–Trinajstić information content (AvgIpc) is 2.90. The molecule has 1 aliphatic carbocycles. The van der Waals surface area contributed by atoms with Crippen LogP contribution in [0.15, 0.2) is 65.8 Å². The van der Waals surface area contributed by atoms with Gasteiger partial charge >= 0.3 is 0 Å². The van der Waals surface area contributed by atoms with Gasteiger partial charge in [0.05, 0.1) is 10.5 Å². The van der Waals surface area contributed by atoms with Crippen LogP contribution in [0.5, 0.6) is 0 Å². The van der Waals surface area contributed by atoms with Crippen molar-refractivity contribution in [1.29, 1.82) is 0 Å². The molecule has 186 valence electrons. The number of anilines is 2. The fraction of sp³-hybridized carbons (Fsp3) is 0.296. The maximum absolute atomic E-state index is 12.6. The molecule has 0 aliphatic heterocycles. The van der Waals surface area contributed by atoms with E-state index in [4.69, 9.17) is 22.3 Å². The lowest BCUT2D eigenvalue weighted by molar-refractivity contribution is 0.410. The molecule has 4 aromatic rings. The normalized spacial score (nSPS) is 18.7. The Kier molecular flexibility index (Phi) is 7.57. The van der Waals surface area contributed by atoms with Crippen molar-refractivity contribution < 1.29 is 4.55 Å². The number of benzene rings is 2. The third kappa shape index (κ3) is 5.57. The van der Waals surface area contributed by atoms with Crippen molar-refractivity contribution >= 4 is 45.6 Å². The highest BCUT2D eigenvalue weighted by molar-refractivity contribution is 7.92. The highest BCUT2D eigenvalue weighted by Gasteiger charge is 2.20. The van der Waals surface area contributed by atoms with E-state index in [9.17, 15) is 4.55 Å². The zero-order chi connectivity index (χ0) is 25.1. The van der Waals surface area contributed by atoms with Crippen LogP contribution < -0.4 is 15.8 Å². The fourth-order valence-corrected chi connectivity index (χ4v) is 5.76. The Balaban J connectivity index is 1.34. The number of halogens is 1. The maximum atomic E-state index is 12.6. The van der Waals surface area contributed by atoms with Crippen LogP contribution >= 0.6 is 11.6 Å². The first kappa shape index (κ1) is 24.8. The predicted molar refractivity (Wildman–Crippen MR) is 147 cm³/mol. The Morgan fingerprint density at radius 2 is 1.83 bits per heavy atom. The largest absolute Gasteiger partial charge is 0.588 e. The molecule has 0 bridgehead atoms. The van der Waals surface area contributed by atoms with Crippen LogP contribution in [-0.4, -0.2) is 31.6 Å². The van der Waals surface area contributed by atoms with Crippen LogP contribution in [0.25, 0.3) is 22.0 Å². The van der Waals surface area contributed by atoms with E-state index in [1.165, 1.54) is 0 Å². The summed E-state index contributed by atoms with van der Waals surface area (Å²) in [4.78, 5) is 14.4. The van der Waals surface area contributed by atoms with Gasteiger partial charge < -0.3 is 15.6 Å². The summed E-state index contributed by atoms with van der Waals surface area (Å²) in [7, 11) is 0. The lowest BCUT2D eigenvalue weighted by Crippen LogP contribution is -2.33. The molecule has 2 heterocycles. The fourth-order valence-electron chi connectivity index (χ4n) is 4.54. The quantitative estimate of drug-likeness (QED) is 0.267. The molecule has 1 unspecified atom stereocenters. The first-order valence-electron chi connectivity index (χ1n) is 12.2. The number of fused-ring (bicyclic) bond motifs is 1. The zero-order valence-corrected chi connectivity index (χ0v) is 21.6. The first-order chi connectivity index (χ1) is 17.5. The molecule has 1 fully saturated rings. The smallest absolute Gasteiger partial charge is 0.223 e. The number of rotatable bonds is 7. The number of nitrogens with one attached hydrogen (secondary N) is 2. The van der Waals surface area contributed by atoms with E-state index in [1.807, 2.05) is 18.3 Å². The van der Waals surface area contributed by atoms with Gasteiger partial charge in [-0.1, -0.05) is 30.7 Å². The van der Waals surface area contributed by atoms with Gasteiger partial charge in [0.15, 0.2) is 10.7 Å². The highest BCUT2D eigenvalue weighted by atomic mass is 35.5. The third-order valence-electron chi connectivity index (χ3n) is 6.58. The third-order valence-corrected chi connectivity index (χ3v) is 8.17. The van der Waals surface area contributed by atoms with Gasteiger partial charge in [0, 0.05) is 35.4 Å². The van der Waals surface area contributed by atoms with Crippen LogP contribution in [0.1, 0.15) is 38.2 Å². The van der Waals surface area contributed by atoms with Crippen molar-refractivity contribution in [1.82, 2.24) is 15.0 Å². The van der Waals surface area contributed by atoms with Gasteiger partial charge in [-0.3, -0.25) is 0 Å². The summed E-state index contributed by atoms with van der Waals surface area (Å²) in [5.74, 6) is 1.19. The van der Waals surface area contributed by atoms with Crippen LogP contribution in [0.4, 0.5) is 11.8 Å². The molecule has 2 aromatic carbocycles. The average molecular weight is 521 g/mol. The van der Waals surface area contributed by atoms with E-state index in [1.54, 1.807) is 30.5 Å². The number of nitrogens with two attached hydrogens (primary N) is 1.